The lowest BCUT2D eigenvalue weighted by molar-refractivity contribution is 0.0303. The van der Waals surface area contributed by atoms with Gasteiger partial charge in [-0.1, -0.05) is 11.2 Å². The number of hydrogen-bond acceptors (Lipinski definition) is 5. The van der Waals surface area contributed by atoms with E-state index in [1.807, 2.05) is 43.0 Å². The Hall–Kier alpha value is -3.65. The molecule has 0 radical (unpaired) electrons. The molecular formula is C27H28N4O4. The van der Waals surface area contributed by atoms with Crippen LogP contribution in [0.25, 0.3) is 32.9 Å². The van der Waals surface area contributed by atoms with Crippen LogP contribution in [0.4, 0.5) is 0 Å². The second-order valence-electron chi connectivity index (χ2n) is 9.67. The van der Waals surface area contributed by atoms with E-state index in [1.54, 1.807) is 0 Å². The maximum atomic E-state index is 13.2. The highest BCUT2D eigenvalue weighted by Gasteiger charge is 2.27. The van der Waals surface area contributed by atoms with Crippen LogP contribution in [0.2, 0.25) is 0 Å². The summed E-state index contributed by atoms with van der Waals surface area (Å²) in [5.74, 6) is 0.783. The fraction of sp³-hybridized carbons (Fsp3) is 0.370. The Kier molecular flexibility index (Phi) is 5.14. The molecule has 180 valence electrons. The minimum absolute atomic E-state index is 0.00460. The molecule has 0 spiro atoms. The Bertz CT molecular complexity index is 1470. The second-order valence-corrected chi connectivity index (χ2v) is 9.67. The summed E-state index contributed by atoms with van der Waals surface area (Å²) in [6, 6.07) is 9.78. The van der Waals surface area contributed by atoms with Crippen molar-refractivity contribution in [2.24, 2.45) is 11.7 Å². The fourth-order valence-corrected chi connectivity index (χ4v) is 5.29. The average Bonchev–Trinajstić information content (AvgIpc) is 3.56. The van der Waals surface area contributed by atoms with E-state index in [-0.39, 0.29) is 5.91 Å². The molecule has 2 aromatic carbocycles. The molecule has 6 rings (SSSR count). The molecule has 3 heterocycles. The van der Waals surface area contributed by atoms with Crippen LogP contribution >= 0.6 is 0 Å². The lowest BCUT2D eigenvalue weighted by Gasteiger charge is -2.26. The summed E-state index contributed by atoms with van der Waals surface area (Å²) in [7, 11) is 0. The van der Waals surface area contributed by atoms with Gasteiger partial charge < -0.3 is 24.5 Å². The summed E-state index contributed by atoms with van der Waals surface area (Å²) in [6.07, 6.45) is 2.33. The molecule has 35 heavy (non-hydrogen) atoms. The number of primary amides is 1. The van der Waals surface area contributed by atoms with Gasteiger partial charge in [-0.3, -0.25) is 9.59 Å². The van der Waals surface area contributed by atoms with E-state index >= 15 is 0 Å². The minimum atomic E-state index is -0.479. The first kappa shape index (κ1) is 21.9. The van der Waals surface area contributed by atoms with Gasteiger partial charge in [0.25, 0.3) is 11.8 Å². The van der Waals surface area contributed by atoms with Gasteiger partial charge in [-0.25, -0.2) is 0 Å². The van der Waals surface area contributed by atoms with Crippen LogP contribution in [0.3, 0.4) is 0 Å². The lowest BCUT2D eigenvalue weighted by atomic mass is 9.97. The van der Waals surface area contributed by atoms with E-state index in [0.717, 1.165) is 58.0 Å². The molecule has 2 amide bonds. The van der Waals surface area contributed by atoms with E-state index in [4.69, 9.17) is 15.0 Å². The third kappa shape index (κ3) is 3.69. The van der Waals surface area contributed by atoms with Gasteiger partial charge in [0.15, 0.2) is 0 Å². The third-order valence-corrected chi connectivity index (χ3v) is 7.23. The first-order valence-corrected chi connectivity index (χ1v) is 12.1. The summed E-state index contributed by atoms with van der Waals surface area (Å²) < 4.78 is 13.0. The number of hydrogen-bond donors (Lipinski definition) is 1. The number of nitrogens with zero attached hydrogens (tertiary/aromatic N) is 3. The largest absolute Gasteiger partial charge is 0.378 e. The smallest absolute Gasteiger partial charge is 0.254 e. The van der Waals surface area contributed by atoms with Gasteiger partial charge in [-0.2, -0.15) is 0 Å². The molecule has 0 unspecified atom stereocenters. The van der Waals surface area contributed by atoms with Crippen molar-refractivity contribution in [1.29, 1.82) is 0 Å². The summed E-state index contributed by atoms with van der Waals surface area (Å²) in [5.41, 5.74) is 11.3. The fourth-order valence-electron chi connectivity index (χ4n) is 5.29. The predicted octanol–water partition coefficient (Wildman–Crippen LogP) is 4.05. The highest BCUT2D eigenvalue weighted by atomic mass is 16.5. The van der Waals surface area contributed by atoms with Crippen molar-refractivity contribution in [3.63, 3.8) is 0 Å². The molecule has 1 saturated heterocycles. The normalized spacial score (nSPS) is 16.3. The van der Waals surface area contributed by atoms with Crippen LogP contribution in [-0.4, -0.2) is 52.7 Å². The van der Waals surface area contributed by atoms with Crippen LogP contribution in [0, 0.1) is 19.8 Å². The number of aryl methyl sites for hydroxylation is 2. The zero-order valence-corrected chi connectivity index (χ0v) is 20.0. The van der Waals surface area contributed by atoms with E-state index in [9.17, 15) is 9.59 Å². The van der Waals surface area contributed by atoms with Crippen molar-refractivity contribution in [2.75, 3.05) is 26.3 Å². The van der Waals surface area contributed by atoms with Gasteiger partial charge in [-0.15, -0.1) is 0 Å². The van der Waals surface area contributed by atoms with Crippen molar-refractivity contribution in [2.45, 2.75) is 33.2 Å². The quantitative estimate of drug-likeness (QED) is 0.472. The molecular weight excluding hydrogens is 444 g/mol. The molecule has 2 aromatic heterocycles. The highest BCUT2D eigenvalue weighted by Crippen LogP contribution is 2.40. The number of fused-ring (bicyclic) bond motifs is 3. The summed E-state index contributed by atoms with van der Waals surface area (Å²) in [5, 5.41) is 6.03. The number of morpholine rings is 1. The Labute approximate surface area is 202 Å². The van der Waals surface area contributed by atoms with Crippen molar-refractivity contribution in [3.05, 3.63) is 52.9 Å². The van der Waals surface area contributed by atoms with Gasteiger partial charge in [0.1, 0.15) is 5.76 Å². The molecule has 8 nitrogen and oxygen atoms in total. The van der Waals surface area contributed by atoms with Crippen molar-refractivity contribution in [1.82, 2.24) is 14.6 Å². The van der Waals surface area contributed by atoms with Gasteiger partial charge in [-0.05, 0) is 62.4 Å². The predicted molar refractivity (Wildman–Crippen MR) is 132 cm³/mol. The SMILES string of the molecule is Cc1noc(C)c1-c1cc(C(N)=O)c2c(c1)c1ccc(C(=O)N3CCOCC3)cc1n2CC1CC1. The maximum absolute atomic E-state index is 13.2. The van der Waals surface area contributed by atoms with Crippen molar-refractivity contribution in [3.8, 4) is 11.1 Å². The summed E-state index contributed by atoms with van der Waals surface area (Å²) >= 11 is 0. The van der Waals surface area contributed by atoms with Crippen molar-refractivity contribution >= 4 is 33.6 Å². The van der Waals surface area contributed by atoms with Crippen LogP contribution in [0.5, 0.6) is 0 Å². The molecule has 0 atom stereocenters. The molecule has 1 saturated carbocycles. The number of benzene rings is 2. The van der Waals surface area contributed by atoms with Crippen molar-refractivity contribution < 1.29 is 18.8 Å². The zero-order chi connectivity index (χ0) is 24.3. The van der Waals surface area contributed by atoms with Gasteiger partial charge >= 0.3 is 0 Å². The lowest BCUT2D eigenvalue weighted by Crippen LogP contribution is -2.40. The molecule has 2 fully saturated rings. The Morgan fingerprint density at radius 3 is 2.51 bits per heavy atom. The first-order chi connectivity index (χ1) is 16.9. The minimum Gasteiger partial charge on any atom is -0.378 e. The summed E-state index contributed by atoms with van der Waals surface area (Å²) in [4.78, 5) is 27.8. The van der Waals surface area contributed by atoms with Crippen LogP contribution in [-0.2, 0) is 11.3 Å². The number of aromatic nitrogens is 2. The van der Waals surface area contributed by atoms with Crippen LogP contribution in [0.1, 0.15) is 45.0 Å². The highest BCUT2D eigenvalue weighted by molar-refractivity contribution is 6.17. The first-order valence-electron chi connectivity index (χ1n) is 12.1. The number of rotatable bonds is 5. The van der Waals surface area contributed by atoms with Gasteiger partial charge in [0, 0.05) is 47.1 Å². The number of carbonyl (C=O) groups is 2. The van der Waals surface area contributed by atoms with E-state index in [2.05, 4.69) is 15.8 Å². The monoisotopic (exact) mass is 472 g/mol. The molecule has 1 aliphatic heterocycles. The number of carbonyl (C=O) groups excluding carboxylic acids is 2. The molecule has 1 aliphatic carbocycles. The van der Waals surface area contributed by atoms with Crippen LogP contribution < -0.4 is 5.73 Å². The Morgan fingerprint density at radius 2 is 1.86 bits per heavy atom. The van der Waals surface area contributed by atoms with E-state index in [1.165, 1.54) is 0 Å². The third-order valence-electron chi connectivity index (χ3n) is 7.23. The zero-order valence-electron chi connectivity index (χ0n) is 20.0. The second kappa shape index (κ2) is 8.23. The number of nitrogens with two attached hydrogens (primary N) is 1. The average molecular weight is 473 g/mol. The molecule has 2 N–H and O–H groups in total. The van der Waals surface area contributed by atoms with Gasteiger partial charge in [0.05, 0.1) is 30.0 Å². The summed E-state index contributed by atoms with van der Waals surface area (Å²) in [6.45, 7) is 6.84. The van der Waals surface area contributed by atoms with E-state index in [0.29, 0.717) is 49.1 Å². The molecule has 4 aromatic rings. The Balaban J connectivity index is 1.59. The standard InChI is InChI=1S/C27H28N4O4/c1-15-24(16(2)35-29-15)19-11-21-20-6-5-18(27(33)30-7-9-34-10-8-30)13-23(20)31(14-17-3-4-17)25(21)22(12-19)26(28)32/h5-6,11-13,17H,3-4,7-10,14H2,1-2H3,(H2,28,32). The number of ether oxygens (including phenoxy) is 1. The topological polar surface area (TPSA) is 104 Å². The molecule has 8 heteroatoms. The molecule has 2 aliphatic rings. The Morgan fingerprint density at radius 1 is 1.09 bits per heavy atom. The van der Waals surface area contributed by atoms with Gasteiger partial charge in [0.2, 0.25) is 0 Å². The van der Waals surface area contributed by atoms with Crippen LogP contribution in [0.15, 0.2) is 34.9 Å². The maximum Gasteiger partial charge on any atom is 0.254 e. The molecule has 0 bridgehead atoms. The van der Waals surface area contributed by atoms with E-state index < -0.39 is 5.91 Å². The number of amides is 2.